The minimum atomic E-state index is -3.34. The lowest BCUT2D eigenvalue weighted by molar-refractivity contribution is -0.144. The number of halogens is 2. The topological polar surface area (TPSA) is 58.6 Å². The molecule has 0 aromatic rings. The molecule has 130 valence electrons. The van der Waals surface area contributed by atoms with E-state index in [1.807, 2.05) is 26.8 Å². The number of ether oxygens (including phenoxy) is 1. The molecule has 0 aromatic heterocycles. The molecule has 24 heavy (non-hydrogen) atoms. The first kappa shape index (κ1) is 16.7. The van der Waals surface area contributed by atoms with E-state index in [1.54, 1.807) is 17.1 Å². The van der Waals surface area contributed by atoms with Gasteiger partial charge in [-0.25, -0.2) is 4.79 Å². The molecule has 3 rings (SSSR count). The number of carbonyl (C=O) groups excluding carboxylic acids is 2. The van der Waals surface area contributed by atoms with Crippen LogP contribution in [-0.2, 0) is 9.53 Å². The van der Waals surface area contributed by atoms with Crippen LogP contribution in [0.1, 0.15) is 27.2 Å². The van der Waals surface area contributed by atoms with Gasteiger partial charge in [-0.05, 0) is 44.4 Å². The van der Waals surface area contributed by atoms with Gasteiger partial charge in [-0.2, -0.15) is 8.78 Å². The Labute approximate surface area is 139 Å². The number of nitrogens with one attached hydrogen (secondary N) is 1. The quantitative estimate of drug-likeness (QED) is 0.800. The Balaban J connectivity index is 1.60. The predicted octanol–water partition coefficient (Wildman–Crippen LogP) is 2.76. The number of rotatable bonds is 1. The maximum Gasteiger partial charge on any atom is 0.410 e. The number of carbonyl (C=O) groups is 2. The lowest BCUT2D eigenvalue weighted by Gasteiger charge is -2.35. The molecular weight excluding hydrogens is 318 g/mol. The number of allylic oxidation sites excluding steroid dienone is 5. The molecule has 3 aliphatic rings. The fourth-order valence-electron chi connectivity index (χ4n) is 2.89. The van der Waals surface area contributed by atoms with Gasteiger partial charge in [-0.15, -0.1) is 0 Å². The number of likely N-dealkylation sites (tertiary alicyclic amines) is 1. The second kappa shape index (κ2) is 5.43. The van der Waals surface area contributed by atoms with E-state index in [4.69, 9.17) is 4.74 Å². The molecule has 2 amide bonds. The summed E-state index contributed by atoms with van der Waals surface area (Å²) in [5.41, 5.74) is 1.52. The number of hydrogen-bond donors (Lipinski definition) is 1. The molecule has 0 bridgehead atoms. The number of nitrogens with zero attached hydrogens (tertiary/aromatic N) is 1. The molecule has 7 heteroatoms. The number of fused-ring (bicyclic) bond motifs is 1. The Hall–Kier alpha value is -2.18. The molecule has 2 heterocycles. The second-order valence-corrected chi connectivity index (χ2v) is 7.31. The molecule has 0 aromatic carbocycles. The Morgan fingerprint density at radius 3 is 2.71 bits per heavy atom. The first-order valence-corrected chi connectivity index (χ1v) is 7.84. The van der Waals surface area contributed by atoms with E-state index in [9.17, 15) is 18.4 Å². The summed E-state index contributed by atoms with van der Waals surface area (Å²) in [5.74, 6) is -5.67. The highest BCUT2D eigenvalue weighted by Gasteiger charge is 2.55. The first-order chi connectivity index (χ1) is 11.1. The Morgan fingerprint density at radius 2 is 2.08 bits per heavy atom. The van der Waals surface area contributed by atoms with Gasteiger partial charge in [-0.3, -0.25) is 4.79 Å². The minimum absolute atomic E-state index is 0.118. The highest BCUT2D eigenvalue weighted by Crippen LogP contribution is 2.41. The van der Waals surface area contributed by atoms with Crippen molar-refractivity contribution in [3.05, 3.63) is 35.1 Å². The van der Waals surface area contributed by atoms with Gasteiger partial charge < -0.3 is 15.0 Å². The predicted molar refractivity (Wildman–Crippen MR) is 83.3 cm³/mol. The lowest BCUT2D eigenvalue weighted by Crippen LogP contribution is -2.46. The normalized spacial score (nSPS) is 25.2. The summed E-state index contributed by atoms with van der Waals surface area (Å²) >= 11 is 0. The van der Waals surface area contributed by atoms with Crippen molar-refractivity contribution in [3.63, 3.8) is 0 Å². The van der Waals surface area contributed by atoms with Crippen LogP contribution in [0.5, 0.6) is 0 Å². The summed E-state index contributed by atoms with van der Waals surface area (Å²) < 4.78 is 32.6. The molecular formula is C17H20F2N2O3. The molecule has 1 unspecified atom stereocenters. The SMILES string of the molecule is CC(C)(C)OC(=O)N1CC(=CC2=CCC3C(=C2)NC(=O)C3(F)F)C1. The van der Waals surface area contributed by atoms with E-state index >= 15 is 0 Å². The zero-order valence-corrected chi connectivity index (χ0v) is 13.9. The molecule has 0 spiro atoms. The minimum Gasteiger partial charge on any atom is -0.444 e. The summed E-state index contributed by atoms with van der Waals surface area (Å²) in [7, 11) is 0. The van der Waals surface area contributed by atoms with E-state index in [-0.39, 0.29) is 18.2 Å². The molecule has 1 atom stereocenters. The Kier molecular flexibility index (Phi) is 3.77. The van der Waals surface area contributed by atoms with Crippen LogP contribution in [-0.4, -0.2) is 41.5 Å². The Morgan fingerprint density at radius 1 is 1.42 bits per heavy atom. The Bertz CT molecular complexity index is 678. The van der Waals surface area contributed by atoms with Gasteiger partial charge in [0.25, 0.3) is 5.91 Å². The molecule has 0 radical (unpaired) electrons. The van der Waals surface area contributed by atoms with Gasteiger partial charge in [0.2, 0.25) is 0 Å². The summed E-state index contributed by atoms with van der Waals surface area (Å²) in [6, 6.07) is 0. The van der Waals surface area contributed by atoms with Gasteiger partial charge in [-0.1, -0.05) is 12.2 Å². The van der Waals surface area contributed by atoms with Crippen molar-refractivity contribution < 1.29 is 23.1 Å². The van der Waals surface area contributed by atoms with Gasteiger partial charge in [0, 0.05) is 18.8 Å². The van der Waals surface area contributed by atoms with Crippen LogP contribution < -0.4 is 5.32 Å². The summed E-state index contributed by atoms with van der Waals surface area (Å²) in [4.78, 5) is 24.7. The lowest BCUT2D eigenvalue weighted by atomic mass is 9.90. The first-order valence-electron chi connectivity index (χ1n) is 7.84. The van der Waals surface area contributed by atoms with Crippen molar-refractivity contribution in [1.29, 1.82) is 0 Å². The molecule has 5 nitrogen and oxygen atoms in total. The van der Waals surface area contributed by atoms with E-state index in [2.05, 4.69) is 5.32 Å². The van der Waals surface area contributed by atoms with E-state index < -0.39 is 23.3 Å². The third-order valence-corrected chi connectivity index (χ3v) is 4.10. The van der Waals surface area contributed by atoms with E-state index in [0.29, 0.717) is 13.1 Å². The fourth-order valence-corrected chi connectivity index (χ4v) is 2.89. The molecule has 0 saturated carbocycles. The van der Waals surface area contributed by atoms with Gasteiger partial charge >= 0.3 is 12.0 Å². The van der Waals surface area contributed by atoms with Crippen LogP contribution in [0.15, 0.2) is 35.1 Å². The second-order valence-electron chi connectivity index (χ2n) is 7.31. The van der Waals surface area contributed by atoms with E-state index in [1.165, 1.54) is 0 Å². The zero-order chi connectivity index (χ0) is 17.7. The van der Waals surface area contributed by atoms with Crippen LogP contribution in [0, 0.1) is 5.92 Å². The molecule has 2 saturated heterocycles. The van der Waals surface area contributed by atoms with Crippen LogP contribution in [0.3, 0.4) is 0 Å². The number of amides is 2. The van der Waals surface area contributed by atoms with Crippen LogP contribution in [0.2, 0.25) is 0 Å². The summed E-state index contributed by atoms with van der Waals surface area (Å²) in [6.07, 6.45) is 4.90. The van der Waals surface area contributed by atoms with Crippen molar-refractivity contribution in [2.45, 2.75) is 38.7 Å². The molecule has 1 N–H and O–H groups in total. The molecule has 2 aliphatic heterocycles. The molecule has 1 aliphatic carbocycles. The van der Waals surface area contributed by atoms with Gasteiger partial charge in [0.05, 0.1) is 5.92 Å². The maximum absolute atomic E-state index is 13.7. The number of alkyl halides is 2. The third-order valence-electron chi connectivity index (χ3n) is 4.10. The van der Waals surface area contributed by atoms with Gasteiger partial charge in [0.1, 0.15) is 5.60 Å². The van der Waals surface area contributed by atoms with Crippen molar-refractivity contribution in [1.82, 2.24) is 10.2 Å². The average molecular weight is 338 g/mol. The summed E-state index contributed by atoms with van der Waals surface area (Å²) in [6.45, 7) is 6.34. The highest BCUT2D eigenvalue weighted by molar-refractivity contribution is 5.89. The number of hydrogen-bond acceptors (Lipinski definition) is 3. The van der Waals surface area contributed by atoms with Crippen LogP contribution in [0.25, 0.3) is 0 Å². The monoisotopic (exact) mass is 338 g/mol. The van der Waals surface area contributed by atoms with Crippen molar-refractivity contribution >= 4 is 12.0 Å². The standard InChI is InChI=1S/C17H20F2N2O3/c1-16(2,3)24-15(23)21-8-11(9-21)6-10-4-5-12-13(7-10)20-14(22)17(12,18)19/h4,6-7,12H,5,8-9H2,1-3H3,(H,20,22). The van der Waals surface area contributed by atoms with Crippen molar-refractivity contribution in [2.75, 3.05) is 13.1 Å². The summed E-state index contributed by atoms with van der Waals surface area (Å²) in [5, 5.41) is 2.26. The fraction of sp³-hybridized carbons (Fsp3) is 0.529. The van der Waals surface area contributed by atoms with E-state index in [0.717, 1.165) is 11.1 Å². The largest absolute Gasteiger partial charge is 0.444 e. The van der Waals surface area contributed by atoms with Crippen LogP contribution in [0.4, 0.5) is 13.6 Å². The zero-order valence-electron chi connectivity index (χ0n) is 13.9. The van der Waals surface area contributed by atoms with Crippen molar-refractivity contribution in [2.24, 2.45) is 5.92 Å². The van der Waals surface area contributed by atoms with Crippen molar-refractivity contribution in [3.8, 4) is 0 Å². The third kappa shape index (κ3) is 3.07. The smallest absolute Gasteiger partial charge is 0.410 e. The maximum atomic E-state index is 13.7. The van der Waals surface area contributed by atoms with Crippen LogP contribution >= 0.6 is 0 Å². The highest BCUT2D eigenvalue weighted by atomic mass is 19.3. The van der Waals surface area contributed by atoms with Gasteiger partial charge in [0.15, 0.2) is 0 Å². The molecule has 2 fully saturated rings. The average Bonchev–Trinajstić information content (AvgIpc) is 2.61.